The molecule has 0 aliphatic rings. The Morgan fingerprint density at radius 1 is 1.19 bits per heavy atom. The summed E-state index contributed by atoms with van der Waals surface area (Å²) in [5.74, 6) is 0.516. The van der Waals surface area contributed by atoms with Gasteiger partial charge in [-0.15, -0.1) is 11.6 Å². The van der Waals surface area contributed by atoms with Crippen LogP contribution in [0.25, 0.3) is 0 Å². The van der Waals surface area contributed by atoms with Crippen molar-refractivity contribution in [1.82, 2.24) is 14.8 Å². The Hall–Kier alpha value is -1.20. The summed E-state index contributed by atoms with van der Waals surface area (Å²) in [4.78, 5) is 3.96. The van der Waals surface area contributed by atoms with E-state index in [9.17, 15) is 4.39 Å². The number of alkyl halides is 1. The van der Waals surface area contributed by atoms with Gasteiger partial charge in [-0.3, -0.25) is 4.68 Å². The molecule has 1 heterocycles. The van der Waals surface area contributed by atoms with Gasteiger partial charge in [-0.25, -0.2) is 9.37 Å². The first-order valence-electron chi connectivity index (χ1n) is 7.28. The van der Waals surface area contributed by atoms with Gasteiger partial charge in [-0.05, 0) is 25.0 Å². The van der Waals surface area contributed by atoms with Crippen molar-refractivity contribution in [3.05, 3.63) is 42.7 Å². The highest BCUT2D eigenvalue weighted by Crippen LogP contribution is 2.21. The maximum atomic E-state index is 13.1. The molecular weight excluding hydrogens is 305 g/mol. The number of hydrogen-bond acceptors (Lipinski definition) is 2. The van der Waals surface area contributed by atoms with Gasteiger partial charge in [-0.1, -0.05) is 36.0 Å². The Labute approximate surface area is 131 Å². The fourth-order valence-corrected chi connectivity index (χ4v) is 6.75. The van der Waals surface area contributed by atoms with Gasteiger partial charge >= 0.3 is 0 Å². The van der Waals surface area contributed by atoms with Crippen LogP contribution in [-0.4, -0.2) is 28.7 Å². The molecular formula is C15H21ClFN3Si. The highest BCUT2D eigenvalue weighted by Gasteiger charge is 2.28. The minimum Gasteiger partial charge on any atom is -0.253 e. The third kappa shape index (κ3) is 4.64. The fraction of sp³-hybridized carbons (Fsp3) is 0.467. The Morgan fingerprint density at radius 2 is 1.90 bits per heavy atom. The molecule has 0 bridgehead atoms. The number of hydrogen-bond donors (Lipinski definition) is 0. The normalized spacial score (nSPS) is 14.0. The Kier molecular flexibility index (Phi) is 5.93. The number of nitrogens with zero attached hydrogens (tertiary/aromatic N) is 3. The summed E-state index contributed by atoms with van der Waals surface area (Å²) in [6, 6.07) is 9.32. The van der Waals surface area contributed by atoms with E-state index in [0.29, 0.717) is 5.88 Å². The van der Waals surface area contributed by atoms with Crippen LogP contribution in [0, 0.1) is 5.82 Å². The van der Waals surface area contributed by atoms with Crippen LogP contribution in [-0.2, 0) is 6.54 Å². The molecule has 2 rings (SSSR count). The summed E-state index contributed by atoms with van der Waals surface area (Å²) < 4.78 is 15.0. The molecule has 0 aliphatic carbocycles. The van der Waals surface area contributed by atoms with Crippen molar-refractivity contribution in [2.75, 3.05) is 5.88 Å². The summed E-state index contributed by atoms with van der Waals surface area (Å²) in [5.41, 5.74) is 0. The third-order valence-electron chi connectivity index (χ3n) is 3.99. The first-order chi connectivity index (χ1) is 10.1. The highest BCUT2D eigenvalue weighted by atomic mass is 35.5. The molecule has 3 nitrogen and oxygen atoms in total. The van der Waals surface area contributed by atoms with Crippen LogP contribution in [0.1, 0.15) is 12.8 Å². The average molecular weight is 326 g/mol. The predicted octanol–water partition coefficient (Wildman–Crippen LogP) is 3.42. The van der Waals surface area contributed by atoms with Crippen molar-refractivity contribution < 1.29 is 4.39 Å². The molecule has 0 spiro atoms. The van der Waals surface area contributed by atoms with E-state index in [1.807, 2.05) is 16.8 Å². The van der Waals surface area contributed by atoms with Gasteiger partial charge in [0.1, 0.15) is 18.5 Å². The van der Waals surface area contributed by atoms with Crippen LogP contribution in [0.5, 0.6) is 0 Å². The van der Waals surface area contributed by atoms with Gasteiger partial charge in [0, 0.05) is 12.4 Å². The number of aryl methyl sites for hydroxylation is 1. The van der Waals surface area contributed by atoms with Crippen molar-refractivity contribution in [3.63, 3.8) is 0 Å². The van der Waals surface area contributed by atoms with E-state index in [-0.39, 0.29) is 5.82 Å². The van der Waals surface area contributed by atoms with Crippen molar-refractivity contribution in [2.24, 2.45) is 0 Å². The third-order valence-corrected chi connectivity index (χ3v) is 8.89. The zero-order chi connectivity index (χ0) is 15.1. The van der Waals surface area contributed by atoms with Crippen molar-refractivity contribution in [1.29, 1.82) is 0 Å². The zero-order valence-corrected chi connectivity index (χ0v) is 14.1. The average Bonchev–Trinajstić information content (AvgIpc) is 2.99. The molecule has 0 fully saturated rings. The fourth-order valence-electron chi connectivity index (χ4n) is 2.70. The second-order valence-corrected chi connectivity index (χ2v) is 10.7. The monoisotopic (exact) mass is 325 g/mol. The topological polar surface area (TPSA) is 30.7 Å². The minimum absolute atomic E-state index is 0.171. The van der Waals surface area contributed by atoms with Crippen molar-refractivity contribution in [2.45, 2.75) is 38.0 Å². The first-order valence-corrected chi connectivity index (χ1v) is 10.7. The predicted molar refractivity (Wildman–Crippen MR) is 87.2 cm³/mol. The number of aromatic nitrogens is 3. The number of halogens is 2. The van der Waals surface area contributed by atoms with Gasteiger partial charge in [-0.2, -0.15) is 5.10 Å². The van der Waals surface area contributed by atoms with Crippen LogP contribution >= 0.6 is 11.6 Å². The van der Waals surface area contributed by atoms with E-state index in [2.05, 4.69) is 16.6 Å². The van der Waals surface area contributed by atoms with Crippen LogP contribution in [0.4, 0.5) is 4.39 Å². The Morgan fingerprint density at radius 3 is 2.52 bits per heavy atom. The van der Waals surface area contributed by atoms with Gasteiger partial charge in [0.05, 0.1) is 8.07 Å². The molecule has 114 valence electrons. The standard InChI is InChI=1S/C15H21ClFN3Si/c1-21(10-2-8-16,15-6-4-14(17)5-7-15)11-3-9-20-13-18-12-19-20/h4-7,12-13H,2-3,8-11H2,1H3. The lowest BCUT2D eigenvalue weighted by atomic mass is 10.3. The van der Waals surface area contributed by atoms with E-state index < -0.39 is 8.07 Å². The van der Waals surface area contributed by atoms with Crippen LogP contribution in [0.3, 0.4) is 0 Å². The zero-order valence-electron chi connectivity index (χ0n) is 12.3. The summed E-state index contributed by atoms with van der Waals surface area (Å²) in [7, 11) is -1.62. The van der Waals surface area contributed by atoms with Crippen LogP contribution in [0.15, 0.2) is 36.9 Å². The molecule has 1 atom stereocenters. The molecule has 0 aliphatic heterocycles. The lowest BCUT2D eigenvalue weighted by Crippen LogP contribution is -2.44. The van der Waals surface area contributed by atoms with E-state index in [4.69, 9.17) is 11.6 Å². The van der Waals surface area contributed by atoms with Gasteiger partial charge < -0.3 is 0 Å². The smallest absolute Gasteiger partial charge is 0.137 e. The lowest BCUT2D eigenvalue weighted by Gasteiger charge is -2.28. The maximum Gasteiger partial charge on any atom is 0.137 e. The molecule has 1 aromatic heterocycles. The molecule has 0 N–H and O–H groups in total. The quantitative estimate of drug-likeness (QED) is 0.550. The molecule has 0 radical (unpaired) electrons. The molecule has 6 heteroatoms. The summed E-state index contributed by atoms with van der Waals surface area (Å²) in [6.45, 7) is 3.25. The van der Waals surface area contributed by atoms with Crippen molar-refractivity contribution in [3.8, 4) is 0 Å². The van der Waals surface area contributed by atoms with E-state index >= 15 is 0 Å². The van der Waals surface area contributed by atoms with Gasteiger partial charge in [0.2, 0.25) is 0 Å². The molecule has 1 unspecified atom stereocenters. The van der Waals surface area contributed by atoms with E-state index in [0.717, 1.165) is 31.5 Å². The maximum absolute atomic E-state index is 13.1. The summed E-state index contributed by atoms with van der Waals surface area (Å²) >= 11 is 5.88. The molecule has 1 aromatic carbocycles. The molecule has 0 amide bonds. The molecule has 21 heavy (non-hydrogen) atoms. The number of rotatable bonds is 8. The van der Waals surface area contributed by atoms with E-state index in [1.165, 1.54) is 5.19 Å². The Bertz CT molecular complexity index is 532. The second kappa shape index (κ2) is 7.71. The summed E-state index contributed by atoms with van der Waals surface area (Å²) in [6.07, 6.45) is 5.39. The summed E-state index contributed by atoms with van der Waals surface area (Å²) in [5, 5.41) is 5.45. The SMILES string of the molecule is C[Si](CCCCl)(CCCn1cncn1)c1ccc(F)cc1. The number of benzene rings is 1. The van der Waals surface area contributed by atoms with Gasteiger partial charge in [0.25, 0.3) is 0 Å². The van der Waals surface area contributed by atoms with Crippen LogP contribution < -0.4 is 5.19 Å². The largest absolute Gasteiger partial charge is 0.253 e. The molecule has 2 aromatic rings. The Balaban J connectivity index is 2.03. The molecule has 0 saturated carbocycles. The van der Waals surface area contributed by atoms with E-state index in [1.54, 1.807) is 24.8 Å². The van der Waals surface area contributed by atoms with Crippen LogP contribution in [0.2, 0.25) is 18.6 Å². The van der Waals surface area contributed by atoms with Gasteiger partial charge in [0.15, 0.2) is 0 Å². The minimum atomic E-state index is -1.62. The highest BCUT2D eigenvalue weighted by molar-refractivity contribution is 6.90. The second-order valence-electron chi connectivity index (χ2n) is 5.62. The lowest BCUT2D eigenvalue weighted by molar-refractivity contribution is 0.597. The molecule has 0 saturated heterocycles. The van der Waals surface area contributed by atoms with Crippen molar-refractivity contribution >= 4 is 24.9 Å². The first kappa shape index (κ1) is 16.2.